The van der Waals surface area contributed by atoms with Gasteiger partial charge in [0.1, 0.15) is 6.61 Å². The van der Waals surface area contributed by atoms with Crippen molar-refractivity contribution in [3.05, 3.63) is 47.8 Å². The van der Waals surface area contributed by atoms with E-state index in [1.165, 1.54) is 24.0 Å². The maximum Gasteiger partial charge on any atom is 0.157 e. The predicted octanol–water partition coefficient (Wildman–Crippen LogP) is 2.78. The second-order valence-electron chi connectivity index (χ2n) is 5.57. The molecule has 0 aliphatic heterocycles. The molecular weight excluding hydrogens is 262 g/mol. The molecule has 1 aliphatic carbocycles. The van der Waals surface area contributed by atoms with Crippen LogP contribution in [0.1, 0.15) is 30.9 Å². The van der Waals surface area contributed by atoms with E-state index in [1.807, 2.05) is 10.9 Å². The Hall–Kier alpha value is -1.81. The SMILES string of the molecule is CCn1cc(OCc2ccccc2CCNC2CC2)cn1. The van der Waals surface area contributed by atoms with Crippen LogP contribution in [0.25, 0.3) is 0 Å². The van der Waals surface area contributed by atoms with E-state index >= 15 is 0 Å². The van der Waals surface area contributed by atoms with Crippen molar-refractivity contribution < 1.29 is 4.74 Å². The van der Waals surface area contributed by atoms with E-state index in [4.69, 9.17) is 4.74 Å². The molecule has 21 heavy (non-hydrogen) atoms. The molecule has 0 unspecified atom stereocenters. The zero-order valence-corrected chi connectivity index (χ0v) is 12.6. The minimum absolute atomic E-state index is 0.606. The van der Waals surface area contributed by atoms with E-state index in [-0.39, 0.29) is 0 Å². The van der Waals surface area contributed by atoms with Crippen LogP contribution in [-0.2, 0) is 19.6 Å². The number of nitrogens with zero attached hydrogens (tertiary/aromatic N) is 2. The molecule has 0 amide bonds. The second kappa shape index (κ2) is 6.76. The Kier molecular flexibility index (Phi) is 4.55. The summed E-state index contributed by atoms with van der Waals surface area (Å²) in [6.45, 7) is 4.59. The molecule has 0 bridgehead atoms. The number of aromatic nitrogens is 2. The lowest BCUT2D eigenvalue weighted by atomic mass is 10.1. The smallest absolute Gasteiger partial charge is 0.157 e. The van der Waals surface area contributed by atoms with Crippen LogP contribution in [0, 0.1) is 0 Å². The molecular formula is C17H23N3O. The van der Waals surface area contributed by atoms with Gasteiger partial charge in [0.25, 0.3) is 0 Å². The fourth-order valence-electron chi connectivity index (χ4n) is 2.39. The van der Waals surface area contributed by atoms with Gasteiger partial charge in [-0.05, 0) is 43.9 Å². The first-order chi connectivity index (χ1) is 10.3. The van der Waals surface area contributed by atoms with Crippen LogP contribution in [0.5, 0.6) is 5.75 Å². The van der Waals surface area contributed by atoms with Crippen LogP contribution in [0.15, 0.2) is 36.7 Å². The third kappa shape index (κ3) is 4.08. The van der Waals surface area contributed by atoms with Crippen LogP contribution in [-0.4, -0.2) is 22.4 Å². The maximum atomic E-state index is 5.85. The van der Waals surface area contributed by atoms with E-state index in [9.17, 15) is 0 Å². The normalized spacial score (nSPS) is 14.3. The summed E-state index contributed by atoms with van der Waals surface area (Å²) in [7, 11) is 0. The fourth-order valence-corrected chi connectivity index (χ4v) is 2.39. The van der Waals surface area contributed by atoms with Gasteiger partial charge in [0.2, 0.25) is 0 Å². The van der Waals surface area contributed by atoms with E-state index in [0.717, 1.165) is 31.3 Å². The molecule has 1 saturated carbocycles. The minimum atomic E-state index is 0.606. The molecule has 112 valence electrons. The van der Waals surface area contributed by atoms with Gasteiger partial charge in [-0.25, -0.2) is 0 Å². The first-order valence-electron chi connectivity index (χ1n) is 7.80. The largest absolute Gasteiger partial charge is 0.486 e. The number of rotatable bonds is 8. The van der Waals surface area contributed by atoms with Crippen molar-refractivity contribution in [3.8, 4) is 5.75 Å². The molecule has 4 heteroatoms. The Labute approximate surface area is 126 Å². The molecule has 1 aliphatic rings. The minimum Gasteiger partial charge on any atom is -0.486 e. The van der Waals surface area contributed by atoms with Gasteiger partial charge < -0.3 is 10.1 Å². The molecule has 1 N–H and O–H groups in total. The summed E-state index contributed by atoms with van der Waals surface area (Å²) >= 11 is 0. The van der Waals surface area contributed by atoms with E-state index in [0.29, 0.717) is 6.61 Å². The molecule has 0 radical (unpaired) electrons. The zero-order valence-electron chi connectivity index (χ0n) is 12.6. The summed E-state index contributed by atoms with van der Waals surface area (Å²) < 4.78 is 7.73. The molecule has 4 nitrogen and oxygen atoms in total. The van der Waals surface area contributed by atoms with Gasteiger partial charge >= 0.3 is 0 Å². The van der Waals surface area contributed by atoms with E-state index < -0.39 is 0 Å². The highest BCUT2D eigenvalue weighted by atomic mass is 16.5. The average Bonchev–Trinajstić information content (AvgIpc) is 3.22. The van der Waals surface area contributed by atoms with Crippen LogP contribution in [0.4, 0.5) is 0 Å². The lowest BCUT2D eigenvalue weighted by Crippen LogP contribution is -2.19. The molecule has 0 saturated heterocycles. The second-order valence-corrected chi connectivity index (χ2v) is 5.57. The predicted molar refractivity (Wildman–Crippen MR) is 83.4 cm³/mol. The van der Waals surface area contributed by atoms with Crippen molar-refractivity contribution in [2.45, 2.75) is 45.4 Å². The fraction of sp³-hybridized carbons (Fsp3) is 0.471. The van der Waals surface area contributed by atoms with Gasteiger partial charge in [-0.1, -0.05) is 24.3 Å². The zero-order chi connectivity index (χ0) is 14.5. The number of benzene rings is 1. The summed E-state index contributed by atoms with van der Waals surface area (Å²) in [5.74, 6) is 0.836. The number of hydrogen-bond donors (Lipinski definition) is 1. The number of aryl methyl sites for hydroxylation is 1. The Morgan fingerprint density at radius 3 is 2.81 bits per heavy atom. The Morgan fingerprint density at radius 2 is 2.10 bits per heavy atom. The quantitative estimate of drug-likeness (QED) is 0.810. The number of ether oxygens (including phenoxy) is 1. The molecule has 1 aromatic carbocycles. The van der Waals surface area contributed by atoms with Crippen molar-refractivity contribution >= 4 is 0 Å². The molecule has 1 fully saturated rings. The van der Waals surface area contributed by atoms with E-state index in [1.54, 1.807) is 6.20 Å². The topological polar surface area (TPSA) is 39.1 Å². The summed E-state index contributed by atoms with van der Waals surface area (Å²) in [5, 5.41) is 7.79. The Bertz CT molecular complexity index is 575. The molecule has 2 aromatic rings. The van der Waals surface area contributed by atoms with Crippen LogP contribution < -0.4 is 10.1 Å². The summed E-state index contributed by atoms with van der Waals surface area (Å²) in [6.07, 6.45) is 7.46. The van der Waals surface area contributed by atoms with Gasteiger partial charge in [-0.2, -0.15) is 5.10 Å². The van der Waals surface area contributed by atoms with Gasteiger partial charge in [0.15, 0.2) is 5.75 Å². The van der Waals surface area contributed by atoms with Crippen molar-refractivity contribution in [1.29, 1.82) is 0 Å². The number of hydrogen-bond acceptors (Lipinski definition) is 3. The Balaban J connectivity index is 1.55. The molecule has 3 rings (SSSR count). The average molecular weight is 285 g/mol. The lowest BCUT2D eigenvalue weighted by molar-refractivity contribution is 0.304. The summed E-state index contributed by atoms with van der Waals surface area (Å²) in [5.41, 5.74) is 2.63. The van der Waals surface area contributed by atoms with Crippen molar-refractivity contribution in [2.24, 2.45) is 0 Å². The van der Waals surface area contributed by atoms with Gasteiger partial charge in [-0.15, -0.1) is 0 Å². The van der Waals surface area contributed by atoms with Crippen LogP contribution >= 0.6 is 0 Å². The van der Waals surface area contributed by atoms with E-state index in [2.05, 4.69) is 41.6 Å². The molecule has 1 aromatic heterocycles. The first-order valence-corrected chi connectivity index (χ1v) is 7.80. The van der Waals surface area contributed by atoms with Crippen molar-refractivity contribution in [1.82, 2.24) is 15.1 Å². The summed E-state index contributed by atoms with van der Waals surface area (Å²) in [4.78, 5) is 0. The van der Waals surface area contributed by atoms with Gasteiger partial charge in [0, 0.05) is 12.6 Å². The molecule has 0 atom stereocenters. The van der Waals surface area contributed by atoms with Crippen molar-refractivity contribution in [2.75, 3.05) is 6.54 Å². The first kappa shape index (κ1) is 14.1. The van der Waals surface area contributed by atoms with Gasteiger partial charge in [0.05, 0.1) is 12.4 Å². The highest BCUT2D eigenvalue weighted by molar-refractivity contribution is 5.27. The van der Waals surface area contributed by atoms with Crippen molar-refractivity contribution in [3.63, 3.8) is 0 Å². The van der Waals surface area contributed by atoms with Crippen LogP contribution in [0.3, 0.4) is 0 Å². The molecule has 0 spiro atoms. The summed E-state index contributed by atoms with van der Waals surface area (Å²) in [6, 6.07) is 9.30. The monoisotopic (exact) mass is 285 g/mol. The highest BCUT2D eigenvalue weighted by Crippen LogP contribution is 2.19. The van der Waals surface area contributed by atoms with Crippen LogP contribution in [0.2, 0.25) is 0 Å². The standard InChI is InChI=1S/C17H23N3O/c1-2-20-12-17(11-19-20)21-13-15-6-4-3-5-14(15)9-10-18-16-7-8-16/h3-6,11-12,16,18H,2,7-10,13H2,1H3. The lowest BCUT2D eigenvalue weighted by Gasteiger charge is -2.10. The maximum absolute atomic E-state index is 5.85. The third-order valence-corrected chi connectivity index (χ3v) is 3.85. The number of nitrogens with one attached hydrogen (secondary N) is 1. The third-order valence-electron chi connectivity index (χ3n) is 3.85. The molecule has 1 heterocycles. The Morgan fingerprint density at radius 1 is 1.29 bits per heavy atom. The van der Waals surface area contributed by atoms with Gasteiger partial charge in [-0.3, -0.25) is 4.68 Å². The highest BCUT2D eigenvalue weighted by Gasteiger charge is 2.19.